The lowest BCUT2D eigenvalue weighted by molar-refractivity contribution is -0.132. The maximum atomic E-state index is 12.8. The average molecular weight is 388 g/mol. The molecule has 3 rings (SSSR count). The molecule has 2 aliphatic rings. The summed E-state index contributed by atoms with van der Waals surface area (Å²) in [6.45, 7) is 7.50. The van der Waals surface area contributed by atoms with Crippen LogP contribution in [0.3, 0.4) is 0 Å². The fraction of sp³-hybridized carbons (Fsp3) is 0.636. The van der Waals surface area contributed by atoms with Gasteiger partial charge in [0.05, 0.1) is 0 Å². The summed E-state index contributed by atoms with van der Waals surface area (Å²) in [6.07, 6.45) is 4.34. The fourth-order valence-electron chi connectivity index (χ4n) is 4.25. The van der Waals surface area contributed by atoms with Crippen molar-refractivity contribution in [3.8, 4) is 0 Å². The molecule has 28 heavy (non-hydrogen) atoms. The second kappa shape index (κ2) is 8.95. The van der Waals surface area contributed by atoms with E-state index < -0.39 is 12.1 Å². The predicted molar refractivity (Wildman–Crippen MR) is 109 cm³/mol. The minimum atomic E-state index is -0.526. The van der Waals surface area contributed by atoms with Crippen molar-refractivity contribution in [1.29, 1.82) is 0 Å². The summed E-state index contributed by atoms with van der Waals surface area (Å²) in [6, 6.07) is 9.88. The topological polar surface area (TPSA) is 70.7 Å². The Bertz CT molecular complexity index is 663. The molecule has 1 aromatic rings. The van der Waals surface area contributed by atoms with Crippen LogP contribution in [0.5, 0.6) is 0 Å². The second-order valence-electron chi connectivity index (χ2n) is 8.98. The van der Waals surface area contributed by atoms with Gasteiger partial charge in [0.1, 0.15) is 12.6 Å². The molecule has 0 radical (unpaired) electrons. The number of nitrogens with one attached hydrogen (secondary N) is 2. The van der Waals surface area contributed by atoms with E-state index >= 15 is 0 Å². The first-order chi connectivity index (χ1) is 13.3. The Morgan fingerprint density at radius 2 is 1.79 bits per heavy atom. The maximum absolute atomic E-state index is 12.8. The van der Waals surface area contributed by atoms with Gasteiger partial charge in [-0.1, -0.05) is 30.3 Å². The molecule has 0 aromatic heterocycles. The molecule has 6 heteroatoms. The third-order valence-corrected chi connectivity index (χ3v) is 5.52. The van der Waals surface area contributed by atoms with Crippen LogP contribution in [-0.4, -0.2) is 47.1 Å². The number of ether oxygens (including phenoxy) is 1. The van der Waals surface area contributed by atoms with Gasteiger partial charge in [0, 0.05) is 24.2 Å². The first-order valence-corrected chi connectivity index (χ1v) is 10.4. The zero-order valence-corrected chi connectivity index (χ0v) is 17.2. The van der Waals surface area contributed by atoms with E-state index in [1.54, 1.807) is 0 Å². The van der Waals surface area contributed by atoms with Crippen LogP contribution >= 0.6 is 0 Å². The quantitative estimate of drug-likeness (QED) is 0.814. The predicted octanol–water partition coefficient (Wildman–Crippen LogP) is 3.21. The first-order valence-electron chi connectivity index (χ1n) is 10.4. The second-order valence-corrected chi connectivity index (χ2v) is 8.98. The van der Waals surface area contributed by atoms with Crippen molar-refractivity contribution in [1.82, 2.24) is 15.5 Å². The molecule has 1 aliphatic heterocycles. The molecule has 1 heterocycles. The Morgan fingerprint density at radius 1 is 1.11 bits per heavy atom. The lowest BCUT2D eigenvalue weighted by Gasteiger charge is -2.37. The summed E-state index contributed by atoms with van der Waals surface area (Å²) in [4.78, 5) is 26.8. The van der Waals surface area contributed by atoms with Crippen molar-refractivity contribution in [3.05, 3.63) is 35.9 Å². The van der Waals surface area contributed by atoms with E-state index in [1.807, 2.05) is 35.2 Å². The van der Waals surface area contributed by atoms with Crippen molar-refractivity contribution in [2.45, 2.75) is 83.1 Å². The zero-order chi connectivity index (χ0) is 20.1. The highest BCUT2D eigenvalue weighted by molar-refractivity contribution is 5.87. The highest BCUT2D eigenvalue weighted by Crippen LogP contribution is 2.28. The molecule has 2 fully saturated rings. The standard InChI is InChI=1S/C22H33N3O3/c1-22(2,3)24-17-9-11-18(12-10-17)25-14-13-19(20(25)26)23-21(27)28-15-16-7-5-4-6-8-16/h4-8,17-19,24H,9-15H2,1-3H3,(H,23,27). The van der Waals surface area contributed by atoms with Crippen molar-refractivity contribution < 1.29 is 14.3 Å². The molecule has 1 unspecified atom stereocenters. The fourth-order valence-corrected chi connectivity index (χ4v) is 4.25. The molecule has 2 N–H and O–H groups in total. The molecule has 2 amide bonds. The Balaban J connectivity index is 1.43. The van der Waals surface area contributed by atoms with Crippen LogP contribution in [0, 0.1) is 0 Å². The van der Waals surface area contributed by atoms with Gasteiger partial charge in [-0.2, -0.15) is 0 Å². The summed E-state index contributed by atoms with van der Waals surface area (Å²) in [7, 11) is 0. The van der Waals surface area contributed by atoms with Gasteiger partial charge >= 0.3 is 6.09 Å². The Labute approximate surface area is 168 Å². The number of alkyl carbamates (subject to hydrolysis) is 1. The number of rotatable bonds is 5. The number of hydrogen-bond donors (Lipinski definition) is 2. The number of benzene rings is 1. The lowest BCUT2D eigenvalue weighted by Crippen LogP contribution is -2.49. The van der Waals surface area contributed by atoms with E-state index in [1.165, 1.54) is 0 Å². The van der Waals surface area contributed by atoms with Gasteiger partial charge in [-0.25, -0.2) is 4.79 Å². The highest BCUT2D eigenvalue weighted by atomic mass is 16.5. The minimum absolute atomic E-state index is 0.0314. The van der Waals surface area contributed by atoms with E-state index in [0.29, 0.717) is 19.0 Å². The molecule has 1 saturated heterocycles. The van der Waals surface area contributed by atoms with Crippen molar-refractivity contribution in [2.24, 2.45) is 0 Å². The monoisotopic (exact) mass is 387 g/mol. The number of likely N-dealkylation sites (tertiary alicyclic amines) is 1. The Morgan fingerprint density at radius 3 is 2.43 bits per heavy atom. The highest BCUT2D eigenvalue weighted by Gasteiger charge is 2.38. The van der Waals surface area contributed by atoms with Gasteiger partial charge in [0.2, 0.25) is 5.91 Å². The summed E-state index contributed by atoms with van der Waals surface area (Å²) in [5.41, 5.74) is 1.05. The number of carbonyl (C=O) groups excluding carboxylic acids is 2. The van der Waals surface area contributed by atoms with Crippen LogP contribution in [0.1, 0.15) is 58.4 Å². The maximum Gasteiger partial charge on any atom is 0.408 e. The Hall–Kier alpha value is -2.08. The van der Waals surface area contributed by atoms with Crippen LogP contribution in [0.4, 0.5) is 4.79 Å². The van der Waals surface area contributed by atoms with E-state index in [0.717, 1.165) is 31.2 Å². The van der Waals surface area contributed by atoms with Gasteiger partial charge < -0.3 is 20.3 Å². The van der Waals surface area contributed by atoms with Gasteiger partial charge in [0.25, 0.3) is 0 Å². The van der Waals surface area contributed by atoms with Gasteiger partial charge in [-0.15, -0.1) is 0 Å². The van der Waals surface area contributed by atoms with Crippen molar-refractivity contribution in [2.75, 3.05) is 6.54 Å². The molecule has 6 nitrogen and oxygen atoms in total. The van der Waals surface area contributed by atoms with E-state index in [4.69, 9.17) is 4.74 Å². The Kier molecular flexibility index (Phi) is 6.60. The smallest absolute Gasteiger partial charge is 0.408 e. The first kappa shape index (κ1) is 20.6. The largest absolute Gasteiger partial charge is 0.445 e. The van der Waals surface area contributed by atoms with Crippen molar-refractivity contribution >= 4 is 12.0 Å². The third-order valence-electron chi connectivity index (χ3n) is 5.52. The number of hydrogen-bond acceptors (Lipinski definition) is 4. The number of nitrogens with zero attached hydrogens (tertiary/aromatic N) is 1. The van der Waals surface area contributed by atoms with E-state index in [-0.39, 0.29) is 24.1 Å². The number of amides is 2. The van der Waals surface area contributed by atoms with Crippen LogP contribution in [-0.2, 0) is 16.1 Å². The normalized spacial score (nSPS) is 25.6. The summed E-state index contributed by atoms with van der Waals surface area (Å²) >= 11 is 0. The lowest BCUT2D eigenvalue weighted by atomic mass is 9.89. The zero-order valence-electron chi connectivity index (χ0n) is 17.2. The molecule has 0 bridgehead atoms. The molecule has 1 saturated carbocycles. The summed E-state index contributed by atoms with van der Waals surface area (Å²) in [5, 5.41) is 6.41. The van der Waals surface area contributed by atoms with Crippen LogP contribution in [0.2, 0.25) is 0 Å². The molecule has 1 atom stereocenters. The average Bonchev–Trinajstić information content (AvgIpc) is 3.01. The van der Waals surface area contributed by atoms with Crippen LogP contribution < -0.4 is 10.6 Å². The summed E-state index contributed by atoms with van der Waals surface area (Å²) < 4.78 is 5.25. The van der Waals surface area contributed by atoms with Crippen LogP contribution in [0.15, 0.2) is 30.3 Å². The van der Waals surface area contributed by atoms with Crippen LogP contribution in [0.25, 0.3) is 0 Å². The molecule has 0 spiro atoms. The molecule has 1 aromatic carbocycles. The molecular weight excluding hydrogens is 354 g/mol. The summed E-state index contributed by atoms with van der Waals surface area (Å²) in [5.74, 6) is 0.0314. The SMILES string of the molecule is CC(C)(C)NC1CCC(N2CCC(NC(=O)OCc3ccccc3)C2=O)CC1. The molecule has 154 valence electrons. The third kappa shape index (κ3) is 5.71. The number of carbonyl (C=O) groups is 2. The van der Waals surface area contributed by atoms with Gasteiger partial charge in [-0.3, -0.25) is 4.79 Å². The van der Waals surface area contributed by atoms with Gasteiger partial charge in [-0.05, 0) is 58.4 Å². The van der Waals surface area contributed by atoms with Gasteiger partial charge in [0.15, 0.2) is 0 Å². The minimum Gasteiger partial charge on any atom is -0.445 e. The van der Waals surface area contributed by atoms with E-state index in [2.05, 4.69) is 31.4 Å². The molecular formula is C22H33N3O3. The molecule has 1 aliphatic carbocycles. The van der Waals surface area contributed by atoms with Crippen molar-refractivity contribution in [3.63, 3.8) is 0 Å². The van der Waals surface area contributed by atoms with E-state index in [9.17, 15) is 9.59 Å².